The first-order chi connectivity index (χ1) is 11.7. The van der Waals surface area contributed by atoms with Crippen molar-refractivity contribution in [2.24, 2.45) is 0 Å². The number of aryl methyl sites for hydroxylation is 2. The minimum atomic E-state index is -0.250. The molecule has 1 unspecified atom stereocenters. The molecule has 0 spiro atoms. The Morgan fingerprint density at radius 3 is 3.04 bits per heavy atom. The lowest BCUT2D eigenvalue weighted by atomic mass is 9.96. The number of amides is 2. The maximum Gasteiger partial charge on any atom is 0.319 e. The number of aromatic nitrogens is 1. The van der Waals surface area contributed by atoms with Gasteiger partial charge in [-0.3, -0.25) is 0 Å². The fourth-order valence-electron chi connectivity index (χ4n) is 3.01. The fourth-order valence-corrected chi connectivity index (χ4v) is 3.01. The second-order valence-corrected chi connectivity index (χ2v) is 5.90. The van der Waals surface area contributed by atoms with E-state index < -0.39 is 0 Å². The van der Waals surface area contributed by atoms with Gasteiger partial charge >= 0.3 is 6.03 Å². The van der Waals surface area contributed by atoms with Crippen LogP contribution >= 0.6 is 0 Å². The number of nitrogens with zero attached hydrogens (tertiary/aromatic N) is 1. The molecule has 3 rings (SSSR count). The quantitative estimate of drug-likeness (QED) is 0.882. The number of rotatable bonds is 5. The third-order valence-corrected chi connectivity index (χ3v) is 4.28. The Hall–Kier alpha value is -2.34. The summed E-state index contributed by atoms with van der Waals surface area (Å²) in [6.45, 7) is 5.04. The van der Waals surface area contributed by atoms with Crippen molar-refractivity contribution in [3.63, 3.8) is 0 Å². The van der Waals surface area contributed by atoms with Crippen molar-refractivity contribution in [2.75, 3.05) is 18.5 Å². The molecule has 1 atom stereocenters. The monoisotopic (exact) mass is 329 g/mol. The molecule has 128 valence electrons. The summed E-state index contributed by atoms with van der Waals surface area (Å²) in [6.07, 6.45) is 2.42. The van der Waals surface area contributed by atoms with E-state index in [-0.39, 0.29) is 12.1 Å². The summed E-state index contributed by atoms with van der Waals surface area (Å²) in [5.41, 5.74) is 3.92. The number of hydrogen-bond donors (Lipinski definition) is 2. The van der Waals surface area contributed by atoms with Crippen LogP contribution in [0.5, 0.6) is 0 Å². The molecule has 24 heavy (non-hydrogen) atoms. The topological polar surface area (TPSA) is 76.4 Å². The van der Waals surface area contributed by atoms with Crippen LogP contribution in [0.3, 0.4) is 0 Å². The summed E-state index contributed by atoms with van der Waals surface area (Å²) in [4.78, 5) is 12.1. The highest BCUT2D eigenvalue weighted by Gasteiger charge is 2.20. The maximum atomic E-state index is 12.1. The van der Waals surface area contributed by atoms with Crippen molar-refractivity contribution < 1.29 is 14.1 Å². The van der Waals surface area contributed by atoms with Crippen molar-refractivity contribution in [1.82, 2.24) is 10.5 Å². The fraction of sp³-hybridized carbons (Fsp3) is 0.444. The van der Waals surface area contributed by atoms with E-state index in [9.17, 15) is 4.79 Å². The number of carbonyl (C=O) groups is 1. The second-order valence-electron chi connectivity index (χ2n) is 5.90. The van der Waals surface area contributed by atoms with Crippen LogP contribution in [0.15, 0.2) is 28.8 Å². The molecule has 1 aromatic carbocycles. The molecule has 0 radical (unpaired) electrons. The minimum absolute atomic E-state index is 0.0405. The number of carbonyl (C=O) groups excluding carboxylic acids is 1. The standard InChI is InChI=1S/C18H23N3O3/c1-3-15-17(12(2)21-24-15)20-18(22)19-10-8-16-14-7-5-4-6-13(14)9-11-23-16/h4-7,16H,3,8-11H2,1-2H3,(H2,19,20,22). The average Bonchev–Trinajstić information content (AvgIpc) is 2.95. The Morgan fingerprint density at radius 2 is 2.21 bits per heavy atom. The van der Waals surface area contributed by atoms with Gasteiger partial charge in [0.25, 0.3) is 0 Å². The molecular formula is C18H23N3O3. The number of anilines is 1. The molecule has 1 aromatic heterocycles. The second kappa shape index (κ2) is 7.49. The lowest BCUT2D eigenvalue weighted by Crippen LogP contribution is -2.31. The van der Waals surface area contributed by atoms with E-state index in [4.69, 9.17) is 9.26 Å². The number of nitrogens with one attached hydrogen (secondary N) is 2. The molecule has 1 aliphatic rings. The predicted octanol–water partition coefficient (Wildman–Crippen LogP) is 3.37. The Labute approximate surface area is 141 Å². The zero-order valence-corrected chi connectivity index (χ0v) is 14.1. The molecule has 6 nitrogen and oxygen atoms in total. The van der Waals surface area contributed by atoms with E-state index in [0.29, 0.717) is 30.1 Å². The van der Waals surface area contributed by atoms with Gasteiger partial charge in [0.2, 0.25) is 0 Å². The number of ether oxygens (including phenoxy) is 1. The maximum absolute atomic E-state index is 12.1. The Kier molecular flexibility index (Phi) is 5.15. The molecule has 0 fully saturated rings. The number of fused-ring (bicyclic) bond motifs is 1. The van der Waals surface area contributed by atoms with Crippen LogP contribution in [0, 0.1) is 6.92 Å². The van der Waals surface area contributed by atoms with E-state index in [1.165, 1.54) is 11.1 Å². The molecule has 0 aliphatic carbocycles. The molecule has 6 heteroatoms. The van der Waals surface area contributed by atoms with E-state index in [1.54, 1.807) is 0 Å². The molecule has 2 amide bonds. The van der Waals surface area contributed by atoms with Crippen molar-refractivity contribution in [3.05, 3.63) is 46.8 Å². The molecule has 1 aliphatic heterocycles. The third-order valence-electron chi connectivity index (χ3n) is 4.28. The van der Waals surface area contributed by atoms with Crippen LogP contribution in [0.2, 0.25) is 0 Å². The summed E-state index contributed by atoms with van der Waals surface area (Å²) in [7, 11) is 0. The Balaban J connectivity index is 1.52. The molecule has 0 bridgehead atoms. The van der Waals surface area contributed by atoms with Crippen LogP contribution in [0.1, 0.15) is 42.0 Å². The summed E-state index contributed by atoms with van der Waals surface area (Å²) in [6, 6.07) is 8.08. The van der Waals surface area contributed by atoms with Gasteiger partial charge in [-0.25, -0.2) is 4.79 Å². The van der Waals surface area contributed by atoms with Gasteiger partial charge in [0, 0.05) is 13.0 Å². The van der Waals surface area contributed by atoms with Crippen LogP contribution in [0.25, 0.3) is 0 Å². The summed E-state index contributed by atoms with van der Waals surface area (Å²) in [5, 5.41) is 9.58. The van der Waals surface area contributed by atoms with E-state index in [0.717, 1.165) is 19.4 Å². The predicted molar refractivity (Wildman–Crippen MR) is 91.1 cm³/mol. The van der Waals surface area contributed by atoms with Crippen LogP contribution in [0.4, 0.5) is 10.5 Å². The van der Waals surface area contributed by atoms with Gasteiger partial charge in [-0.1, -0.05) is 36.3 Å². The highest BCUT2D eigenvalue weighted by molar-refractivity contribution is 5.90. The Morgan fingerprint density at radius 1 is 1.38 bits per heavy atom. The third kappa shape index (κ3) is 3.59. The summed E-state index contributed by atoms with van der Waals surface area (Å²) in [5.74, 6) is 0.687. The van der Waals surface area contributed by atoms with E-state index in [2.05, 4.69) is 34.0 Å². The largest absolute Gasteiger partial charge is 0.373 e. The van der Waals surface area contributed by atoms with E-state index >= 15 is 0 Å². The lowest BCUT2D eigenvalue weighted by molar-refractivity contribution is 0.0373. The van der Waals surface area contributed by atoms with Gasteiger partial charge in [-0.15, -0.1) is 0 Å². The van der Waals surface area contributed by atoms with Gasteiger partial charge in [-0.2, -0.15) is 0 Å². The first-order valence-electron chi connectivity index (χ1n) is 8.38. The highest BCUT2D eigenvalue weighted by atomic mass is 16.5. The minimum Gasteiger partial charge on any atom is -0.373 e. The van der Waals surface area contributed by atoms with Crippen molar-refractivity contribution >= 4 is 11.7 Å². The summed E-state index contributed by atoms with van der Waals surface area (Å²) >= 11 is 0. The molecule has 2 N–H and O–H groups in total. The first-order valence-corrected chi connectivity index (χ1v) is 8.38. The van der Waals surface area contributed by atoms with Crippen LogP contribution in [-0.4, -0.2) is 24.3 Å². The zero-order chi connectivity index (χ0) is 16.9. The van der Waals surface area contributed by atoms with Crippen LogP contribution in [-0.2, 0) is 17.6 Å². The molecule has 0 saturated heterocycles. The van der Waals surface area contributed by atoms with Gasteiger partial charge < -0.3 is 19.9 Å². The highest BCUT2D eigenvalue weighted by Crippen LogP contribution is 2.29. The number of urea groups is 1. The average molecular weight is 329 g/mol. The lowest BCUT2D eigenvalue weighted by Gasteiger charge is -2.26. The van der Waals surface area contributed by atoms with Gasteiger partial charge in [-0.05, 0) is 30.9 Å². The van der Waals surface area contributed by atoms with Crippen LogP contribution < -0.4 is 10.6 Å². The van der Waals surface area contributed by atoms with Gasteiger partial charge in [0.15, 0.2) is 5.76 Å². The number of hydrogen-bond acceptors (Lipinski definition) is 4. The van der Waals surface area contributed by atoms with Crippen molar-refractivity contribution in [1.29, 1.82) is 0 Å². The molecular weight excluding hydrogens is 306 g/mol. The molecule has 2 heterocycles. The van der Waals surface area contributed by atoms with Crippen molar-refractivity contribution in [3.8, 4) is 0 Å². The number of benzene rings is 1. The van der Waals surface area contributed by atoms with E-state index in [1.807, 2.05) is 19.9 Å². The molecule has 0 saturated carbocycles. The normalized spacial score (nSPS) is 16.5. The van der Waals surface area contributed by atoms with Gasteiger partial charge in [0.1, 0.15) is 11.4 Å². The SMILES string of the molecule is CCc1onc(C)c1NC(=O)NCCC1OCCc2ccccc21. The first kappa shape index (κ1) is 16.5. The molecule has 2 aromatic rings. The zero-order valence-electron chi connectivity index (χ0n) is 14.1. The smallest absolute Gasteiger partial charge is 0.319 e. The summed E-state index contributed by atoms with van der Waals surface area (Å²) < 4.78 is 11.0. The van der Waals surface area contributed by atoms with Crippen molar-refractivity contribution in [2.45, 2.75) is 39.2 Å². The Bertz CT molecular complexity index is 711. The van der Waals surface area contributed by atoms with Gasteiger partial charge in [0.05, 0.1) is 12.7 Å².